The lowest BCUT2D eigenvalue weighted by Crippen LogP contribution is -1.93. The summed E-state index contributed by atoms with van der Waals surface area (Å²) in [5.41, 5.74) is 6.29. The molecular formula is C18H14FNS2. The van der Waals surface area contributed by atoms with Crippen LogP contribution < -0.4 is 0 Å². The average Bonchev–Trinajstić information content (AvgIpc) is 3.03. The molecule has 1 nitrogen and oxygen atoms in total. The molecular weight excluding hydrogens is 313 g/mol. The van der Waals surface area contributed by atoms with Crippen LogP contribution in [0.3, 0.4) is 0 Å². The molecule has 0 saturated carbocycles. The van der Waals surface area contributed by atoms with E-state index in [9.17, 15) is 4.39 Å². The predicted molar refractivity (Wildman–Crippen MR) is 95.8 cm³/mol. The van der Waals surface area contributed by atoms with E-state index in [0.717, 1.165) is 33.1 Å². The largest absolute Gasteiger partial charge is 0.253 e. The summed E-state index contributed by atoms with van der Waals surface area (Å²) in [6, 6.07) is 10.6. The van der Waals surface area contributed by atoms with Crippen LogP contribution in [0.5, 0.6) is 0 Å². The minimum absolute atomic E-state index is 0.233. The van der Waals surface area contributed by atoms with E-state index in [1.165, 1.54) is 12.1 Å². The molecule has 1 aromatic heterocycles. The van der Waals surface area contributed by atoms with Crippen LogP contribution in [0.25, 0.3) is 11.1 Å². The van der Waals surface area contributed by atoms with Crippen molar-refractivity contribution < 1.29 is 4.39 Å². The van der Waals surface area contributed by atoms with E-state index in [1.54, 1.807) is 35.2 Å². The highest BCUT2D eigenvalue weighted by Crippen LogP contribution is 2.34. The molecule has 0 bridgehead atoms. The van der Waals surface area contributed by atoms with Crippen molar-refractivity contribution >= 4 is 39.3 Å². The Hall–Kier alpha value is -1.87. The van der Waals surface area contributed by atoms with Gasteiger partial charge in [-0.15, -0.1) is 28.8 Å². The van der Waals surface area contributed by atoms with Gasteiger partial charge in [-0.3, -0.25) is 4.99 Å². The Labute approximate surface area is 137 Å². The first kappa shape index (κ1) is 15.0. The number of halogens is 1. The molecule has 2 aromatic rings. The first-order chi connectivity index (χ1) is 10.8. The van der Waals surface area contributed by atoms with Gasteiger partial charge in [-0.25, -0.2) is 4.39 Å². The van der Waals surface area contributed by atoms with Crippen LogP contribution in [-0.2, 0) is 0 Å². The molecule has 1 aromatic carbocycles. The molecule has 1 aliphatic heterocycles. The van der Waals surface area contributed by atoms with Gasteiger partial charge in [0.15, 0.2) is 0 Å². The van der Waals surface area contributed by atoms with Crippen molar-refractivity contribution in [1.29, 1.82) is 0 Å². The Kier molecular flexibility index (Phi) is 4.74. The van der Waals surface area contributed by atoms with Gasteiger partial charge in [-0.05, 0) is 41.5 Å². The van der Waals surface area contributed by atoms with Crippen molar-refractivity contribution in [3.63, 3.8) is 0 Å². The summed E-state index contributed by atoms with van der Waals surface area (Å²) in [5.74, 6) is -0.233. The van der Waals surface area contributed by atoms with Crippen molar-refractivity contribution in [2.75, 3.05) is 6.26 Å². The van der Waals surface area contributed by atoms with Gasteiger partial charge in [-0.1, -0.05) is 18.2 Å². The maximum absolute atomic E-state index is 13.2. The van der Waals surface area contributed by atoms with E-state index in [2.05, 4.69) is 16.8 Å². The number of rotatable bonds is 2. The van der Waals surface area contributed by atoms with Gasteiger partial charge < -0.3 is 0 Å². The third-order valence-corrected chi connectivity index (χ3v) is 4.93. The van der Waals surface area contributed by atoms with Crippen molar-refractivity contribution in [3.05, 3.63) is 76.0 Å². The monoisotopic (exact) mass is 327 g/mol. The third kappa shape index (κ3) is 3.30. The Bertz CT molecular complexity index is 777. The molecule has 22 heavy (non-hydrogen) atoms. The molecule has 0 atom stereocenters. The topological polar surface area (TPSA) is 12.4 Å². The minimum atomic E-state index is -0.233. The lowest BCUT2D eigenvalue weighted by molar-refractivity contribution is 0.627. The fourth-order valence-corrected chi connectivity index (χ4v) is 3.33. The fraction of sp³-hybridized carbons (Fsp3) is 0.111. The number of hydrogen-bond acceptors (Lipinski definition) is 3. The summed E-state index contributed by atoms with van der Waals surface area (Å²) in [7, 11) is 0. The Morgan fingerprint density at radius 3 is 2.73 bits per heavy atom. The van der Waals surface area contributed by atoms with Gasteiger partial charge >= 0.3 is 0 Å². The van der Waals surface area contributed by atoms with E-state index in [4.69, 9.17) is 0 Å². The van der Waals surface area contributed by atoms with E-state index in [-0.39, 0.29) is 5.82 Å². The molecule has 2 heterocycles. The average molecular weight is 327 g/mol. The molecule has 0 N–H and O–H groups in total. The Morgan fingerprint density at radius 1 is 1.23 bits per heavy atom. The quantitative estimate of drug-likeness (QED) is 0.651. The maximum atomic E-state index is 13.2. The highest BCUT2D eigenvalue weighted by Gasteiger charge is 2.13. The van der Waals surface area contributed by atoms with Crippen LogP contribution in [0.4, 0.5) is 4.39 Å². The first-order valence-corrected chi connectivity index (χ1v) is 8.94. The van der Waals surface area contributed by atoms with E-state index in [0.29, 0.717) is 0 Å². The normalized spacial score (nSPS) is 17.1. The summed E-state index contributed by atoms with van der Waals surface area (Å²) < 4.78 is 13.2. The summed E-state index contributed by atoms with van der Waals surface area (Å²) in [5, 5.41) is 3.10. The molecule has 1 aliphatic rings. The van der Waals surface area contributed by atoms with Gasteiger partial charge in [0.05, 0.1) is 5.04 Å². The van der Waals surface area contributed by atoms with E-state index < -0.39 is 0 Å². The van der Waals surface area contributed by atoms with Crippen molar-refractivity contribution in [3.8, 4) is 0 Å². The SMILES string of the molecule is CSC1=N/C=C(/c2cccs2)C(c2ccc(F)cc2)=C=CC1. The van der Waals surface area contributed by atoms with Crippen molar-refractivity contribution in [2.24, 2.45) is 4.99 Å². The second-order valence-corrected chi connectivity index (χ2v) is 6.51. The van der Waals surface area contributed by atoms with Gasteiger partial charge in [0, 0.05) is 28.6 Å². The maximum Gasteiger partial charge on any atom is 0.123 e. The lowest BCUT2D eigenvalue weighted by atomic mass is 9.97. The zero-order chi connectivity index (χ0) is 15.4. The highest BCUT2D eigenvalue weighted by atomic mass is 32.2. The van der Waals surface area contributed by atoms with E-state index in [1.807, 2.05) is 30.0 Å². The minimum Gasteiger partial charge on any atom is -0.253 e. The number of allylic oxidation sites excluding steroid dienone is 2. The van der Waals surface area contributed by atoms with Crippen LogP contribution >= 0.6 is 23.1 Å². The molecule has 0 radical (unpaired) electrons. The Morgan fingerprint density at radius 2 is 2.05 bits per heavy atom. The van der Waals surface area contributed by atoms with E-state index >= 15 is 0 Å². The van der Waals surface area contributed by atoms with Crippen LogP contribution in [0, 0.1) is 5.82 Å². The Balaban J connectivity index is 2.13. The lowest BCUT2D eigenvalue weighted by Gasteiger charge is -2.10. The number of hydrogen-bond donors (Lipinski definition) is 0. The molecule has 0 aliphatic carbocycles. The number of thiophene rings is 1. The van der Waals surface area contributed by atoms with Crippen molar-refractivity contribution in [2.45, 2.75) is 6.42 Å². The van der Waals surface area contributed by atoms with Crippen molar-refractivity contribution in [1.82, 2.24) is 0 Å². The second kappa shape index (κ2) is 6.93. The smallest absolute Gasteiger partial charge is 0.123 e. The first-order valence-electron chi connectivity index (χ1n) is 6.84. The molecule has 0 amide bonds. The molecule has 110 valence electrons. The molecule has 0 spiro atoms. The summed E-state index contributed by atoms with van der Waals surface area (Å²) in [6.45, 7) is 0. The molecule has 3 rings (SSSR count). The molecule has 4 heteroatoms. The molecule has 0 fully saturated rings. The summed E-state index contributed by atoms with van der Waals surface area (Å²) >= 11 is 3.31. The van der Waals surface area contributed by atoms with Crippen LogP contribution in [-0.4, -0.2) is 11.3 Å². The number of nitrogens with zero attached hydrogens (tertiary/aromatic N) is 1. The summed E-state index contributed by atoms with van der Waals surface area (Å²) in [4.78, 5) is 5.72. The zero-order valence-corrected chi connectivity index (χ0v) is 13.7. The predicted octanol–water partition coefficient (Wildman–Crippen LogP) is 5.63. The number of benzene rings is 1. The number of aliphatic imine (C=N–C) groups is 1. The van der Waals surface area contributed by atoms with Gasteiger partial charge in [0.2, 0.25) is 0 Å². The van der Waals surface area contributed by atoms with Crippen LogP contribution in [0.15, 0.2) is 64.8 Å². The molecule has 0 unspecified atom stereocenters. The van der Waals surface area contributed by atoms with Gasteiger partial charge in [0.25, 0.3) is 0 Å². The standard InChI is InChI=1S/C18H14FNS2/c1-21-18-6-2-4-15(13-7-9-14(19)10-8-13)16(12-20-18)17-5-3-11-22-17/h2-3,5,7-12H,6H2,1H3/b16-12+,20-18?. The zero-order valence-electron chi connectivity index (χ0n) is 12.0. The second-order valence-electron chi connectivity index (χ2n) is 4.68. The highest BCUT2D eigenvalue weighted by molar-refractivity contribution is 8.13. The molecule has 0 saturated heterocycles. The third-order valence-electron chi connectivity index (χ3n) is 3.29. The van der Waals surface area contributed by atoms with Crippen LogP contribution in [0.1, 0.15) is 16.9 Å². The number of thioether (sulfide) groups is 1. The van der Waals surface area contributed by atoms with Crippen LogP contribution in [0.2, 0.25) is 0 Å². The van der Waals surface area contributed by atoms with Gasteiger partial charge in [0.1, 0.15) is 5.82 Å². The fourth-order valence-electron chi connectivity index (χ4n) is 2.18. The summed E-state index contributed by atoms with van der Waals surface area (Å²) in [6.07, 6.45) is 6.68. The van der Waals surface area contributed by atoms with Gasteiger partial charge in [-0.2, -0.15) is 0 Å².